The number of hydrogen-bond donors (Lipinski definition) is 1. The maximum atomic E-state index is 12.5. The molecule has 0 saturated heterocycles. The van der Waals surface area contributed by atoms with Gasteiger partial charge >= 0.3 is 0 Å². The Morgan fingerprint density at radius 1 is 1.14 bits per heavy atom. The standard InChI is InChI=1S/C22H24ClN3O2/c1-3-15(2)20(24-19(27)14-9-16-7-5-4-6-8-16)22-25-21(26-28-22)17-10-12-18(23)13-11-17/h4-8,10-13,15,20H,3,9,14H2,1-2H3,(H,24,27)/t15-,20-/m0/s1. The largest absolute Gasteiger partial charge is 0.344 e. The molecule has 0 saturated carbocycles. The van der Waals surface area contributed by atoms with Gasteiger partial charge < -0.3 is 9.84 Å². The van der Waals surface area contributed by atoms with Gasteiger partial charge in [-0.2, -0.15) is 4.98 Å². The molecule has 0 aliphatic carbocycles. The van der Waals surface area contributed by atoms with Gasteiger partial charge in [-0.1, -0.05) is 67.4 Å². The van der Waals surface area contributed by atoms with E-state index in [4.69, 9.17) is 16.1 Å². The molecular weight excluding hydrogens is 374 g/mol. The topological polar surface area (TPSA) is 68.0 Å². The Balaban J connectivity index is 1.70. The second kappa shape index (κ2) is 9.51. The third kappa shape index (κ3) is 5.20. The zero-order chi connectivity index (χ0) is 19.9. The van der Waals surface area contributed by atoms with Gasteiger partial charge in [-0.15, -0.1) is 0 Å². The summed E-state index contributed by atoms with van der Waals surface area (Å²) in [5.74, 6) is 1.05. The monoisotopic (exact) mass is 397 g/mol. The van der Waals surface area contributed by atoms with E-state index in [0.717, 1.165) is 17.5 Å². The van der Waals surface area contributed by atoms with Crippen LogP contribution in [0.1, 0.15) is 44.2 Å². The summed E-state index contributed by atoms with van der Waals surface area (Å²) in [6.45, 7) is 4.14. The number of halogens is 1. The molecule has 1 N–H and O–H groups in total. The summed E-state index contributed by atoms with van der Waals surface area (Å²) in [5.41, 5.74) is 1.96. The van der Waals surface area contributed by atoms with E-state index in [9.17, 15) is 4.79 Å². The molecule has 3 aromatic rings. The maximum absolute atomic E-state index is 12.5. The van der Waals surface area contributed by atoms with Crippen molar-refractivity contribution in [2.45, 2.75) is 39.2 Å². The highest BCUT2D eigenvalue weighted by atomic mass is 35.5. The molecule has 0 aliphatic rings. The highest BCUT2D eigenvalue weighted by molar-refractivity contribution is 6.30. The molecular formula is C22H24ClN3O2. The van der Waals surface area contributed by atoms with Crippen molar-refractivity contribution < 1.29 is 9.32 Å². The Morgan fingerprint density at radius 2 is 1.86 bits per heavy atom. The Bertz CT molecular complexity index is 894. The van der Waals surface area contributed by atoms with E-state index < -0.39 is 0 Å². The summed E-state index contributed by atoms with van der Waals surface area (Å²) >= 11 is 5.93. The fourth-order valence-electron chi connectivity index (χ4n) is 2.91. The van der Waals surface area contributed by atoms with Crippen LogP contribution in [-0.4, -0.2) is 16.0 Å². The summed E-state index contributed by atoms with van der Waals surface area (Å²) < 4.78 is 5.49. The number of aryl methyl sites for hydroxylation is 1. The van der Waals surface area contributed by atoms with Crippen molar-refractivity contribution in [3.8, 4) is 11.4 Å². The number of carbonyl (C=O) groups excluding carboxylic acids is 1. The summed E-state index contributed by atoms with van der Waals surface area (Å²) in [4.78, 5) is 17.0. The zero-order valence-corrected chi connectivity index (χ0v) is 16.8. The van der Waals surface area contributed by atoms with Crippen molar-refractivity contribution in [2.75, 3.05) is 0 Å². The van der Waals surface area contributed by atoms with Gasteiger partial charge in [0.25, 0.3) is 0 Å². The lowest BCUT2D eigenvalue weighted by atomic mass is 9.98. The Labute approximate surface area is 170 Å². The van der Waals surface area contributed by atoms with Crippen molar-refractivity contribution in [1.29, 1.82) is 0 Å². The highest BCUT2D eigenvalue weighted by Crippen LogP contribution is 2.26. The summed E-state index contributed by atoms with van der Waals surface area (Å²) in [6.07, 6.45) is 1.98. The molecule has 0 bridgehead atoms. The molecule has 2 atom stereocenters. The molecule has 2 aromatic carbocycles. The summed E-state index contributed by atoms with van der Waals surface area (Å²) in [5, 5.41) is 7.79. The third-order valence-electron chi connectivity index (χ3n) is 4.82. The third-order valence-corrected chi connectivity index (χ3v) is 5.08. The average Bonchev–Trinajstić information content (AvgIpc) is 3.21. The van der Waals surface area contributed by atoms with E-state index >= 15 is 0 Å². The number of nitrogens with one attached hydrogen (secondary N) is 1. The van der Waals surface area contributed by atoms with Crippen molar-refractivity contribution in [1.82, 2.24) is 15.5 Å². The lowest BCUT2D eigenvalue weighted by Crippen LogP contribution is -2.32. The van der Waals surface area contributed by atoms with Crippen LogP contribution in [0.3, 0.4) is 0 Å². The first-order chi connectivity index (χ1) is 13.6. The molecule has 0 fully saturated rings. The normalized spacial score (nSPS) is 13.1. The minimum absolute atomic E-state index is 0.0274. The fourth-order valence-corrected chi connectivity index (χ4v) is 3.03. The van der Waals surface area contributed by atoms with Crippen LogP contribution in [0.25, 0.3) is 11.4 Å². The predicted octanol–water partition coefficient (Wildman–Crippen LogP) is 5.23. The molecule has 0 spiro atoms. The zero-order valence-electron chi connectivity index (χ0n) is 16.1. The van der Waals surface area contributed by atoms with Gasteiger partial charge in [-0.3, -0.25) is 4.79 Å². The van der Waals surface area contributed by atoms with Crippen molar-refractivity contribution in [3.05, 3.63) is 71.1 Å². The molecule has 0 aliphatic heterocycles. The Hall–Kier alpha value is -2.66. The van der Waals surface area contributed by atoms with Gasteiger partial charge in [0.05, 0.1) is 0 Å². The highest BCUT2D eigenvalue weighted by Gasteiger charge is 2.26. The SMILES string of the molecule is CC[C@H](C)[C@H](NC(=O)CCc1ccccc1)c1nc(-c2ccc(Cl)cc2)no1. The summed E-state index contributed by atoms with van der Waals surface area (Å²) in [6, 6.07) is 16.9. The molecule has 1 heterocycles. The molecule has 5 nitrogen and oxygen atoms in total. The van der Waals surface area contributed by atoms with Crippen LogP contribution in [-0.2, 0) is 11.2 Å². The van der Waals surface area contributed by atoms with Crippen molar-refractivity contribution >= 4 is 17.5 Å². The molecule has 1 aromatic heterocycles. The number of nitrogens with zero attached hydrogens (tertiary/aromatic N) is 2. The second-order valence-corrected chi connectivity index (χ2v) is 7.32. The van der Waals surface area contributed by atoms with E-state index in [-0.39, 0.29) is 17.9 Å². The van der Waals surface area contributed by atoms with E-state index in [0.29, 0.717) is 29.6 Å². The number of benzene rings is 2. The Morgan fingerprint density at radius 3 is 2.54 bits per heavy atom. The number of amides is 1. The molecule has 3 rings (SSSR count). The van der Waals surface area contributed by atoms with Crippen LogP contribution in [0, 0.1) is 5.92 Å². The molecule has 146 valence electrons. The molecule has 6 heteroatoms. The predicted molar refractivity (Wildman–Crippen MR) is 110 cm³/mol. The minimum atomic E-state index is -0.318. The molecule has 0 unspecified atom stereocenters. The number of carbonyl (C=O) groups is 1. The van der Waals surface area contributed by atoms with E-state index in [1.807, 2.05) is 42.5 Å². The first kappa shape index (κ1) is 20.1. The van der Waals surface area contributed by atoms with Crippen LogP contribution >= 0.6 is 11.6 Å². The summed E-state index contributed by atoms with van der Waals surface area (Å²) in [7, 11) is 0. The maximum Gasteiger partial charge on any atom is 0.249 e. The lowest BCUT2D eigenvalue weighted by Gasteiger charge is -2.20. The van der Waals surface area contributed by atoms with Crippen LogP contribution in [0.15, 0.2) is 59.1 Å². The van der Waals surface area contributed by atoms with Crippen molar-refractivity contribution in [2.24, 2.45) is 5.92 Å². The van der Waals surface area contributed by atoms with E-state index in [1.54, 1.807) is 12.1 Å². The number of rotatable bonds is 8. The van der Waals surface area contributed by atoms with Gasteiger partial charge in [0.1, 0.15) is 6.04 Å². The first-order valence-electron chi connectivity index (χ1n) is 9.49. The van der Waals surface area contributed by atoms with E-state index in [2.05, 4.69) is 29.3 Å². The van der Waals surface area contributed by atoms with Crippen LogP contribution in [0.2, 0.25) is 5.02 Å². The molecule has 0 radical (unpaired) electrons. The van der Waals surface area contributed by atoms with Crippen LogP contribution in [0.4, 0.5) is 0 Å². The molecule has 1 amide bonds. The lowest BCUT2D eigenvalue weighted by molar-refractivity contribution is -0.122. The number of hydrogen-bond acceptors (Lipinski definition) is 4. The second-order valence-electron chi connectivity index (χ2n) is 6.88. The first-order valence-corrected chi connectivity index (χ1v) is 9.87. The minimum Gasteiger partial charge on any atom is -0.344 e. The van der Waals surface area contributed by atoms with Gasteiger partial charge in [0, 0.05) is 17.0 Å². The van der Waals surface area contributed by atoms with E-state index in [1.165, 1.54) is 0 Å². The Kier molecular flexibility index (Phi) is 6.82. The smallest absolute Gasteiger partial charge is 0.249 e. The fraction of sp³-hybridized carbons (Fsp3) is 0.318. The van der Waals surface area contributed by atoms with Gasteiger partial charge in [0.2, 0.25) is 17.6 Å². The van der Waals surface area contributed by atoms with Crippen LogP contribution < -0.4 is 5.32 Å². The van der Waals surface area contributed by atoms with Gasteiger partial charge in [-0.25, -0.2) is 0 Å². The van der Waals surface area contributed by atoms with Gasteiger partial charge in [-0.05, 0) is 42.2 Å². The van der Waals surface area contributed by atoms with Crippen LogP contribution in [0.5, 0.6) is 0 Å². The van der Waals surface area contributed by atoms with Crippen molar-refractivity contribution in [3.63, 3.8) is 0 Å². The average molecular weight is 398 g/mol. The molecule has 28 heavy (non-hydrogen) atoms. The van der Waals surface area contributed by atoms with Gasteiger partial charge in [0.15, 0.2) is 0 Å². The quantitative estimate of drug-likeness (QED) is 0.565. The number of aromatic nitrogens is 2.